The van der Waals surface area contributed by atoms with Crippen molar-refractivity contribution in [1.29, 1.82) is 0 Å². The molecule has 0 bridgehead atoms. The molecule has 1 aromatic rings. The molecule has 18 heavy (non-hydrogen) atoms. The van der Waals surface area contributed by atoms with Crippen LogP contribution in [-0.4, -0.2) is 25.4 Å². The molecular weight excluding hydrogens is 248 g/mol. The molecule has 0 amide bonds. The first kappa shape index (κ1) is 15.2. The molecule has 0 saturated carbocycles. The van der Waals surface area contributed by atoms with Crippen molar-refractivity contribution in [2.45, 2.75) is 51.0 Å². The van der Waals surface area contributed by atoms with E-state index in [0.29, 0.717) is 17.7 Å². The Hall–Kier alpha value is -0.870. The SMILES string of the molecule is Cc1ccc(S(=O)(=O)CCCCC(C)O)cc1C. The first-order chi connectivity index (χ1) is 8.33. The highest BCUT2D eigenvalue weighted by Crippen LogP contribution is 2.17. The van der Waals surface area contributed by atoms with Gasteiger partial charge in [-0.3, -0.25) is 0 Å². The summed E-state index contributed by atoms with van der Waals surface area (Å²) in [5, 5.41) is 9.12. The molecule has 1 unspecified atom stereocenters. The fourth-order valence-electron chi connectivity index (χ4n) is 1.76. The number of aryl methyl sites for hydroxylation is 2. The molecule has 0 radical (unpaired) electrons. The second-order valence-electron chi connectivity index (χ2n) is 4.91. The topological polar surface area (TPSA) is 54.4 Å². The smallest absolute Gasteiger partial charge is 0.178 e. The van der Waals surface area contributed by atoms with Crippen LogP contribution in [0.4, 0.5) is 0 Å². The lowest BCUT2D eigenvalue weighted by Crippen LogP contribution is -2.08. The summed E-state index contributed by atoms with van der Waals surface area (Å²) in [6, 6.07) is 5.25. The maximum atomic E-state index is 12.1. The van der Waals surface area contributed by atoms with Gasteiger partial charge < -0.3 is 5.11 Å². The number of rotatable bonds is 6. The number of benzene rings is 1. The van der Waals surface area contributed by atoms with Crippen LogP contribution in [0.3, 0.4) is 0 Å². The predicted molar refractivity (Wildman–Crippen MR) is 73.5 cm³/mol. The Balaban J connectivity index is 2.66. The van der Waals surface area contributed by atoms with Crippen LogP contribution in [0.25, 0.3) is 0 Å². The minimum atomic E-state index is -3.18. The number of hydrogen-bond donors (Lipinski definition) is 1. The Labute approximate surface area is 110 Å². The standard InChI is InChI=1S/C14H22O3S/c1-11-7-8-14(10-12(11)2)18(16,17)9-5-4-6-13(3)15/h7-8,10,13,15H,4-6,9H2,1-3H3. The van der Waals surface area contributed by atoms with Gasteiger partial charge in [0.05, 0.1) is 16.8 Å². The highest BCUT2D eigenvalue weighted by molar-refractivity contribution is 7.91. The molecule has 0 spiro atoms. The Bertz CT molecular complexity index is 490. The molecule has 3 nitrogen and oxygen atoms in total. The number of aliphatic hydroxyl groups excluding tert-OH is 1. The van der Waals surface area contributed by atoms with Gasteiger partial charge in [-0.2, -0.15) is 0 Å². The summed E-state index contributed by atoms with van der Waals surface area (Å²) in [6.45, 7) is 5.61. The molecule has 1 aromatic carbocycles. The van der Waals surface area contributed by atoms with Crippen molar-refractivity contribution in [2.24, 2.45) is 0 Å². The Morgan fingerprint density at radius 1 is 1.17 bits per heavy atom. The normalized spacial score (nSPS) is 13.6. The molecule has 0 heterocycles. The van der Waals surface area contributed by atoms with Crippen LogP contribution >= 0.6 is 0 Å². The highest BCUT2D eigenvalue weighted by atomic mass is 32.2. The van der Waals surface area contributed by atoms with Gasteiger partial charge in [-0.15, -0.1) is 0 Å². The average molecular weight is 270 g/mol. The lowest BCUT2D eigenvalue weighted by molar-refractivity contribution is 0.181. The zero-order valence-corrected chi connectivity index (χ0v) is 12.1. The Morgan fingerprint density at radius 2 is 1.83 bits per heavy atom. The maximum Gasteiger partial charge on any atom is 0.178 e. The average Bonchev–Trinajstić information content (AvgIpc) is 2.28. The Morgan fingerprint density at radius 3 is 2.39 bits per heavy atom. The Kier molecular flexibility index (Phi) is 5.35. The molecular formula is C14H22O3S. The van der Waals surface area contributed by atoms with Gasteiger partial charge in [0, 0.05) is 0 Å². The van der Waals surface area contributed by atoms with Crippen molar-refractivity contribution in [3.63, 3.8) is 0 Å². The van der Waals surface area contributed by atoms with Crippen molar-refractivity contribution >= 4 is 9.84 Å². The summed E-state index contributed by atoms with van der Waals surface area (Å²) in [6.07, 6.45) is 1.64. The summed E-state index contributed by atoms with van der Waals surface area (Å²) >= 11 is 0. The van der Waals surface area contributed by atoms with Crippen LogP contribution in [0.5, 0.6) is 0 Å². The molecule has 0 aromatic heterocycles. The van der Waals surface area contributed by atoms with Crippen molar-refractivity contribution < 1.29 is 13.5 Å². The minimum absolute atomic E-state index is 0.155. The van der Waals surface area contributed by atoms with E-state index in [0.717, 1.165) is 17.5 Å². The molecule has 0 aliphatic heterocycles. The third-order valence-electron chi connectivity index (χ3n) is 3.12. The van der Waals surface area contributed by atoms with Crippen LogP contribution in [0.2, 0.25) is 0 Å². The van der Waals surface area contributed by atoms with E-state index >= 15 is 0 Å². The van der Waals surface area contributed by atoms with E-state index in [1.807, 2.05) is 19.9 Å². The summed E-state index contributed by atoms with van der Waals surface area (Å²) in [7, 11) is -3.18. The first-order valence-electron chi connectivity index (χ1n) is 6.31. The van der Waals surface area contributed by atoms with E-state index in [9.17, 15) is 8.42 Å². The summed E-state index contributed by atoms with van der Waals surface area (Å²) < 4.78 is 24.2. The van der Waals surface area contributed by atoms with Gasteiger partial charge in [0.25, 0.3) is 0 Å². The molecule has 4 heteroatoms. The van der Waals surface area contributed by atoms with Gasteiger partial charge in [0.15, 0.2) is 9.84 Å². The summed E-state index contributed by atoms with van der Waals surface area (Å²) in [5.41, 5.74) is 2.10. The van der Waals surface area contributed by atoms with Crippen molar-refractivity contribution in [3.05, 3.63) is 29.3 Å². The number of hydrogen-bond acceptors (Lipinski definition) is 3. The lowest BCUT2D eigenvalue weighted by atomic mass is 10.1. The predicted octanol–water partition coefficient (Wildman–Crippen LogP) is 2.63. The van der Waals surface area contributed by atoms with Gasteiger partial charge in [-0.25, -0.2) is 8.42 Å². The van der Waals surface area contributed by atoms with Crippen LogP contribution in [0.1, 0.15) is 37.3 Å². The van der Waals surface area contributed by atoms with E-state index in [1.54, 1.807) is 19.1 Å². The first-order valence-corrected chi connectivity index (χ1v) is 7.96. The number of sulfone groups is 1. The number of aliphatic hydroxyl groups is 1. The van der Waals surface area contributed by atoms with Gasteiger partial charge in [0.2, 0.25) is 0 Å². The minimum Gasteiger partial charge on any atom is -0.393 e. The van der Waals surface area contributed by atoms with Gasteiger partial charge >= 0.3 is 0 Å². The fourth-order valence-corrected chi connectivity index (χ4v) is 3.21. The monoisotopic (exact) mass is 270 g/mol. The second-order valence-corrected chi connectivity index (χ2v) is 7.02. The largest absolute Gasteiger partial charge is 0.393 e. The third kappa shape index (κ3) is 4.42. The summed E-state index contributed by atoms with van der Waals surface area (Å²) in [4.78, 5) is 0.405. The quantitative estimate of drug-likeness (QED) is 0.808. The van der Waals surface area contributed by atoms with Crippen LogP contribution in [-0.2, 0) is 9.84 Å². The van der Waals surface area contributed by atoms with E-state index in [2.05, 4.69) is 0 Å². The summed E-state index contributed by atoms with van der Waals surface area (Å²) in [5.74, 6) is 0.155. The molecule has 1 rings (SSSR count). The van der Waals surface area contributed by atoms with Crippen LogP contribution in [0, 0.1) is 13.8 Å². The van der Waals surface area contributed by atoms with Crippen molar-refractivity contribution in [3.8, 4) is 0 Å². The van der Waals surface area contributed by atoms with E-state index in [4.69, 9.17) is 5.11 Å². The van der Waals surface area contributed by atoms with Crippen LogP contribution in [0.15, 0.2) is 23.1 Å². The second kappa shape index (κ2) is 6.34. The van der Waals surface area contributed by atoms with E-state index in [1.165, 1.54) is 0 Å². The third-order valence-corrected chi connectivity index (χ3v) is 4.92. The maximum absolute atomic E-state index is 12.1. The van der Waals surface area contributed by atoms with Crippen LogP contribution < -0.4 is 0 Å². The molecule has 0 fully saturated rings. The molecule has 102 valence electrons. The molecule has 0 aliphatic carbocycles. The van der Waals surface area contributed by atoms with Gasteiger partial charge in [-0.05, 0) is 63.3 Å². The highest BCUT2D eigenvalue weighted by Gasteiger charge is 2.14. The fraction of sp³-hybridized carbons (Fsp3) is 0.571. The van der Waals surface area contributed by atoms with Gasteiger partial charge in [0.1, 0.15) is 0 Å². The van der Waals surface area contributed by atoms with Crippen molar-refractivity contribution in [1.82, 2.24) is 0 Å². The molecule has 0 aliphatic rings. The zero-order chi connectivity index (χ0) is 13.8. The lowest BCUT2D eigenvalue weighted by Gasteiger charge is -2.08. The molecule has 1 N–H and O–H groups in total. The number of unbranched alkanes of at least 4 members (excludes halogenated alkanes) is 1. The van der Waals surface area contributed by atoms with Crippen molar-refractivity contribution in [2.75, 3.05) is 5.75 Å². The van der Waals surface area contributed by atoms with E-state index < -0.39 is 9.84 Å². The van der Waals surface area contributed by atoms with Gasteiger partial charge in [-0.1, -0.05) is 6.07 Å². The van der Waals surface area contributed by atoms with E-state index in [-0.39, 0.29) is 11.9 Å². The molecule has 1 atom stereocenters. The zero-order valence-electron chi connectivity index (χ0n) is 11.3. The molecule has 0 saturated heterocycles.